The molecule has 0 radical (unpaired) electrons. The van der Waals surface area contributed by atoms with Gasteiger partial charge >= 0.3 is 10.5 Å². The van der Waals surface area contributed by atoms with Gasteiger partial charge in [0, 0.05) is 18.3 Å². The van der Waals surface area contributed by atoms with Crippen LogP contribution in [0.5, 0.6) is 0 Å². The van der Waals surface area contributed by atoms with Crippen LogP contribution in [0.1, 0.15) is 37.6 Å². The molecule has 1 unspecified atom stereocenters. The van der Waals surface area contributed by atoms with Crippen molar-refractivity contribution in [2.75, 3.05) is 11.4 Å². The quantitative estimate of drug-likeness (QED) is 0.832. The number of rotatable bonds is 2. The summed E-state index contributed by atoms with van der Waals surface area (Å²) in [6, 6.07) is 3.16. The van der Waals surface area contributed by atoms with Gasteiger partial charge in [0.25, 0.3) is 5.91 Å². The predicted octanol–water partition coefficient (Wildman–Crippen LogP) is 1.91. The van der Waals surface area contributed by atoms with E-state index in [1.165, 1.54) is 0 Å². The third kappa shape index (κ3) is 2.87. The highest BCUT2D eigenvalue weighted by molar-refractivity contribution is 7.62. The van der Waals surface area contributed by atoms with Gasteiger partial charge in [-0.25, -0.2) is 4.98 Å². The van der Waals surface area contributed by atoms with Gasteiger partial charge in [-0.2, -0.15) is 8.42 Å². The summed E-state index contributed by atoms with van der Waals surface area (Å²) in [5, 5.41) is 0. The monoisotopic (exact) mass is 295 g/mol. The standard InChI is InChI=1S/C13H17N3O3S/c1-9-7-13(2,3)16(8-9)11-10(5-4-6-14-11)12(17)15-20(18)19/h4-6,9H,7-8H2,1-3H3. The van der Waals surface area contributed by atoms with Crippen molar-refractivity contribution in [2.24, 2.45) is 10.3 Å². The van der Waals surface area contributed by atoms with Crippen LogP contribution in [0, 0.1) is 5.92 Å². The number of aromatic nitrogens is 1. The molecule has 1 saturated heterocycles. The van der Waals surface area contributed by atoms with Gasteiger partial charge in [-0.1, -0.05) is 11.3 Å². The molecule has 1 aliphatic rings. The summed E-state index contributed by atoms with van der Waals surface area (Å²) >= 11 is 0. The zero-order valence-corrected chi connectivity index (χ0v) is 12.5. The van der Waals surface area contributed by atoms with E-state index in [0.29, 0.717) is 11.7 Å². The molecule has 20 heavy (non-hydrogen) atoms. The summed E-state index contributed by atoms with van der Waals surface area (Å²) in [5.41, 5.74) is 0.0956. The van der Waals surface area contributed by atoms with Crippen LogP contribution in [0.4, 0.5) is 5.82 Å². The Labute approximate surface area is 119 Å². The zero-order valence-electron chi connectivity index (χ0n) is 11.7. The fourth-order valence-corrected chi connectivity index (χ4v) is 3.09. The van der Waals surface area contributed by atoms with E-state index in [1.54, 1.807) is 18.3 Å². The SMILES string of the molecule is CC1CN(c2ncccc2C(=O)N=S(=O)=O)C(C)(C)C1. The second-order valence-electron chi connectivity index (χ2n) is 5.72. The molecular formula is C13H17N3O3S. The van der Waals surface area contributed by atoms with E-state index in [0.717, 1.165) is 13.0 Å². The molecule has 1 aromatic heterocycles. The van der Waals surface area contributed by atoms with Gasteiger partial charge in [-0.05, 0) is 38.3 Å². The Hall–Kier alpha value is -1.76. The Balaban J connectivity index is 2.48. The maximum atomic E-state index is 11.9. The number of anilines is 1. The van der Waals surface area contributed by atoms with Gasteiger partial charge in [0.05, 0.1) is 5.56 Å². The Morgan fingerprint density at radius 2 is 2.20 bits per heavy atom. The Bertz CT molecular complexity index is 659. The van der Waals surface area contributed by atoms with Crippen molar-refractivity contribution >= 4 is 22.2 Å². The van der Waals surface area contributed by atoms with Gasteiger partial charge in [0.15, 0.2) is 0 Å². The molecule has 0 saturated carbocycles. The van der Waals surface area contributed by atoms with Crippen LogP contribution in [0.2, 0.25) is 0 Å². The maximum Gasteiger partial charge on any atom is 0.319 e. The minimum atomic E-state index is -2.75. The molecule has 0 N–H and O–H groups in total. The number of pyridine rings is 1. The van der Waals surface area contributed by atoms with E-state index >= 15 is 0 Å². The van der Waals surface area contributed by atoms with Crippen molar-refractivity contribution in [1.29, 1.82) is 0 Å². The van der Waals surface area contributed by atoms with Crippen LogP contribution in [0.3, 0.4) is 0 Å². The lowest BCUT2D eigenvalue weighted by atomic mass is 9.97. The highest BCUT2D eigenvalue weighted by Crippen LogP contribution is 2.37. The molecule has 0 aromatic carbocycles. The molecule has 0 spiro atoms. The molecule has 108 valence electrons. The first-order chi connectivity index (χ1) is 9.31. The molecule has 1 aliphatic heterocycles. The zero-order chi connectivity index (χ0) is 14.9. The second-order valence-corrected chi connectivity index (χ2v) is 6.34. The molecule has 0 bridgehead atoms. The number of nitrogens with zero attached hydrogens (tertiary/aromatic N) is 3. The van der Waals surface area contributed by atoms with Gasteiger partial charge in [0.1, 0.15) is 5.82 Å². The number of carbonyl (C=O) groups excluding carboxylic acids is 1. The van der Waals surface area contributed by atoms with Crippen LogP contribution in [-0.4, -0.2) is 31.4 Å². The van der Waals surface area contributed by atoms with Crippen LogP contribution in [0.15, 0.2) is 22.7 Å². The summed E-state index contributed by atoms with van der Waals surface area (Å²) in [7, 11) is -2.75. The van der Waals surface area contributed by atoms with Gasteiger partial charge in [0.2, 0.25) is 0 Å². The lowest BCUT2D eigenvalue weighted by Crippen LogP contribution is -2.39. The lowest BCUT2D eigenvalue weighted by molar-refractivity contribution is 0.100. The fraction of sp³-hybridized carbons (Fsp3) is 0.538. The van der Waals surface area contributed by atoms with Gasteiger partial charge in [-0.3, -0.25) is 4.79 Å². The first-order valence-electron chi connectivity index (χ1n) is 6.39. The van der Waals surface area contributed by atoms with Crippen molar-refractivity contribution in [2.45, 2.75) is 32.7 Å². The van der Waals surface area contributed by atoms with E-state index < -0.39 is 16.4 Å². The smallest absolute Gasteiger partial charge is 0.319 e. The number of hydrogen-bond acceptors (Lipinski definition) is 5. The van der Waals surface area contributed by atoms with Crippen molar-refractivity contribution in [3.63, 3.8) is 0 Å². The molecule has 1 atom stereocenters. The maximum absolute atomic E-state index is 11.9. The normalized spacial score (nSPS) is 20.8. The van der Waals surface area contributed by atoms with Crippen molar-refractivity contribution in [3.8, 4) is 0 Å². The van der Waals surface area contributed by atoms with Crippen molar-refractivity contribution in [1.82, 2.24) is 4.98 Å². The molecule has 1 amide bonds. The average Bonchev–Trinajstić information content (AvgIpc) is 2.61. The molecule has 1 aromatic rings. The van der Waals surface area contributed by atoms with Crippen LogP contribution in [-0.2, 0) is 10.5 Å². The van der Waals surface area contributed by atoms with Gasteiger partial charge < -0.3 is 4.90 Å². The lowest BCUT2D eigenvalue weighted by Gasteiger charge is -2.33. The number of hydrogen-bond donors (Lipinski definition) is 0. The van der Waals surface area contributed by atoms with E-state index in [9.17, 15) is 13.2 Å². The highest BCUT2D eigenvalue weighted by Gasteiger charge is 2.38. The Morgan fingerprint density at radius 3 is 2.75 bits per heavy atom. The largest absolute Gasteiger partial charge is 0.351 e. The van der Waals surface area contributed by atoms with E-state index in [-0.39, 0.29) is 11.1 Å². The highest BCUT2D eigenvalue weighted by atomic mass is 32.2. The van der Waals surface area contributed by atoms with Crippen LogP contribution < -0.4 is 4.90 Å². The Morgan fingerprint density at radius 1 is 1.50 bits per heavy atom. The predicted molar refractivity (Wildman–Crippen MR) is 75.1 cm³/mol. The van der Waals surface area contributed by atoms with Crippen LogP contribution >= 0.6 is 0 Å². The number of amides is 1. The summed E-state index contributed by atoms with van der Waals surface area (Å²) in [5.74, 6) is 0.207. The molecule has 6 nitrogen and oxygen atoms in total. The van der Waals surface area contributed by atoms with E-state index in [1.807, 2.05) is 4.90 Å². The van der Waals surface area contributed by atoms with Crippen LogP contribution in [0.25, 0.3) is 0 Å². The second kappa shape index (κ2) is 5.32. The summed E-state index contributed by atoms with van der Waals surface area (Å²) in [4.78, 5) is 18.2. The summed E-state index contributed by atoms with van der Waals surface area (Å²) in [6.45, 7) is 7.10. The molecule has 2 rings (SSSR count). The average molecular weight is 295 g/mol. The molecule has 7 heteroatoms. The first-order valence-corrected chi connectivity index (χ1v) is 7.42. The first kappa shape index (κ1) is 14.6. The van der Waals surface area contributed by atoms with Crippen molar-refractivity contribution < 1.29 is 13.2 Å². The van der Waals surface area contributed by atoms with Crippen molar-refractivity contribution in [3.05, 3.63) is 23.9 Å². The molecule has 2 heterocycles. The molecular weight excluding hydrogens is 278 g/mol. The minimum absolute atomic E-state index is 0.126. The number of carbonyl (C=O) groups is 1. The minimum Gasteiger partial charge on any atom is -0.351 e. The topological polar surface area (TPSA) is 79.7 Å². The van der Waals surface area contributed by atoms with E-state index in [2.05, 4.69) is 30.1 Å². The third-order valence-corrected chi connectivity index (χ3v) is 3.82. The third-order valence-electron chi connectivity index (χ3n) is 3.50. The fourth-order valence-electron chi connectivity index (χ4n) is 2.86. The van der Waals surface area contributed by atoms with Gasteiger partial charge in [-0.15, -0.1) is 0 Å². The summed E-state index contributed by atoms with van der Waals surface area (Å²) in [6.07, 6.45) is 2.58. The van der Waals surface area contributed by atoms with E-state index in [4.69, 9.17) is 0 Å². The molecule has 0 aliphatic carbocycles. The Kier molecular flexibility index (Phi) is 3.89. The molecule has 1 fully saturated rings. The summed E-state index contributed by atoms with van der Waals surface area (Å²) < 4.78 is 24.2.